The predicted octanol–water partition coefficient (Wildman–Crippen LogP) is 2.38. The average Bonchev–Trinajstić information content (AvgIpc) is 3.18. The molecular formula is C16H15N7OS. The highest BCUT2D eigenvalue weighted by Gasteiger charge is 2.16. The fraction of sp³-hybridized carbons (Fsp3) is 0.125. The zero-order chi connectivity index (χ0) is 17.4. The zero-order valence-electron chi connectivity index (χ0n) is 13.4. The number of nitrogens with two attached hydrogens (primary N) is 2. The van der Waals surface area contributed by atoms with Gasteiger partial charge in [0.1, 0.15) is 17.4 Å². The van der Waals surface area contributed by atoms with Gasteiger partial charge in [0.25, 0.3) is 0 Å². The number of anilines is 1. The molecule has 4 N–H and O–H groups in total. The van der Waals surface area contributed by atoms with Gasteiger partial charge in [0.05, 0.1) is 23.1 Å². The van der Waals surface area contributed by atoms with Gasteiger partial charge in [-0.15, -0.1) is 10.2 Å². The van der Waals surface area contributed by atoms with Crippen molar-refractivity contribution in [1.82, 2.24) is 24.8 Å². The standard InChI is InChI=1S/C16H15N7OS/c1-9-10(6-7-24-9)15-21-22-16(23(15)18)25-8-13-19-12-5-3-2-4-11(12)14(17)20-13/h2-7H,8,18H2,1H3,(H2,17,19,20). The van der Waals surface area contributed by atoms with Crippen LogP contribution in [0, 0.1) is 6.92 Å². The highest BCUT2D eigenvalue weighted by Crippen LogP contribution is 2.27. The molecule has 8 nitrogen and oxygen atoms in total. The smallest absolute Gasteiger partial charge is 0.210 e. The molecule has 0 aliphatic carbocycles. The molecule has 0 unspecified atom stereocenters. The first-order valence-electron chi connectivity index (χ1n) is 7.52. The zero-order valence-corrected chi connectivity index (χ0v) is 14.2. The third kappa shape index (κ3) is 2.78. The molecule has 3 heterocycles. The van der Waals surface area contributed by atoms with E-state index in [0.29, 0.717) is 28.4 Å². The number of para-hydroxylation sites is 1. The first kappa shape index (κ1) is 15.5. The van der Waals surface area contributed by atoms with E-state index in [2.05, 4.69) is 20.2 Å². The van der Waals surface area contributed by atoms with Gasteiger partial charge in [-0.05, 0) is 25.1 Å². The van der Waals surface area contributed by atoms with E-state index in [4.69, 9.17) is 16.0 Å². The summed E-state index contributed by atoms with van der Waals surface area (Å²) in [6.45, 7) is 1.85. The summed E-state index contributed by atoms with van der Waals surface area (Å²) in [5, 5.41) is 9.68. The molecule has 0 aliphatic heterocycles. The Labute approximate surface area is 147 Å². The molecular weight excluding hydrogens is 338 g/mol. The lowest BCUT2D eigenvalue weighted by molar-refractivity contribution is 0.535. The summed E-state index contributed by atoms with van der Waals surface area (Å²) in [5.41, 5.74) is 7.64. The van der Waals surface area contributed by atoms with Crippen molar-refractivity contribution in [3.8, 4) is 11.4 Å². The van der Waals surface area contributed by atoms with Gasteiger partial charge in [-0.25, -0.2) is 14.6 Å². The van der Waals surface area contributed by atoms with Crippen molar-refractivity contribution in [3.05, 3.63) is 48.2 Å². The molecule has 0 saturated heterocycles. The number of fused-ring (bicyclic) bond motifs is 1. The summed E-state index contributed by atoms with van der Waals surface area (Å²) in [4.78, 5) is 8.88. The summed E-state index contributed by atoms with van der Waals surface area (Å²) in [6, 6.07) is 9.45. The first-order valence-corrected chi connectivity index (χ1v) is 8.51. The van der Waals surface area contributed by atoms with Crippen LogP contribution in [-0.2, 0) is 5.75 Å². The molecule has 0 saturated carbocycles. The fourth-order valence-electron chi connectivity index (χ4n) is 2.52. The molecule has 0 radical (unpaired) electrons. The van der Waals surface area contributed by atoms with Gasteiger partial charge in [-0.2, -0.15) is 0 Å². The molecule has 0 amide bonds. The lowest BCUT2D eigenvalue weighted by Gasteiger charge is -2.05. The van der Waals surface area contributed by atoms with Gasteiger partial charge < -0.3 is 16.0 Å². The molecule has 0 atom stereocenters. The van der Waals surface area contributed by atoms with Gasteiger partial charge in [0, 0.05) is 5.39 Å². The minimum Gasteiger partial charge on any atom is -0.469 e. The number of furan rings is 1. The second-order valence-corrected chi connectivity index (χ2v) is 6.34. The number of nitrogen functional groups attached to an aromatic ring is 2. The molecule has 0 spiro atoms. The van der Waals surface area contributed by atoms with Gasteiger partial charge in [-0.1, -0.05) is 23.9 Å². The van der Waals surface area contributed by atoms with Crippen LogP contribution in [0.1, 0.15) is 11.6 Å². The van der Waals surface area contributed by atoms with Crippen molar-refractivity contribution in [3.63, 3.8) is 0 Å². The van der Waals surface area contributed by atoms with Crippen LogP contribution in [0.25, 0.3) is 22.3 Å². The molecule has 0 bridgehead atoms. The van der Waals surface area contributed by atoms with Crippen LogP contribution < -0.4 is 11.6 Å². The molecule has 4 aromatic rings. The Kier molecular flexibility index (Phi) is 3.77. The van der Waals surface area contributed by atoms with E-state index < -0.39 is 0 Å². The van der Waals surface area contributed by atoms with Crippen LogP contribution in [0.2, 0.25) is 0 Å². The second kappa shape index (κ2) is 6.10. The van der Waals surface area contributed by atoms with E-state index in [-0.39, 0.29) is 0 Å². The lowest BCUT2D eigenvalue weighted by Crippen LogP contribution is -2.11. The summed E-state index contributed by atoms with van der Waals surface area (Å²) in [6.07, 6.45) is 1.60. The number of aromatic nitrogens is 5. The van der Waals surface area contributed by atoms with E-state index in [1.54, 1.807) is 6.26 Å². The summed E-state index contributed by atoms with van der Waals surface area (Å²) in [7, 11) is 0. The predicted molar refractivity (Wildman–Crippen MR) is 96.1 cm³/mol. The van der Waals surface area contributed by atoms with Crippen LogP contribution in [0.3, 0.4) is 0 Å². The minimum atomic E-state index is 0.463. The van der Waals surface area contributed by atoms with Crippen LogP contribution in [-0.4, -0.2) is 24.8 Å². The van der Waals surface area contributed by atoms with Crippen molar-refractivity contribution < 1.29 is 4.42 Å². The molecule has 4 rings (SSSR count). The molecule has 1 aromatic carbocycles. The fourth-order valence-corrected chi connectivity index (χ4v) is 3.23. The monoisotopic (exact) mass is 353 g/mol. The van der Waals surface area contributed by atoms with Crippen molar-refractivity contribution in [1.29, 1.82) is 0 Å². The van der Waals surface area contributed by atoms with Crippen LogP contribution in [0.4, 0.5) is 5.82 Å². The first-order chi connectivity index (χ1) is 12.1. The van der Waals surface area contributed by atoms with Gasteiger partial charge in [0.15, 0.2) is 5.82 Å². The lowest BCUT2D eigenvalue weighted by atomic mass is 10.2. The van der Waals surface area contributed by atoms with Crippen LogP contribution in [0.15, 0.2) is 46.2 Å². The van der Waals surface area contributed by atoms with Crippen molar-refractivity contribution in [2.45, 2.75) is 17.8 Å². The molecule has 0 aliphatic rings. The highest BCUT2D eigenvalue weighted by molar-refractivity contribution is 7.98. The minimum absolute atomic E-state index is 0.463. The van der Waals surface area contributed by atoms with Crippen LogP contribution in [0.5, 0.6) is 0 Å². The largest absolute Gasteiger partial charge is 0.469 e. The Morgan fingerprint density at radius 1 is 1.16 bits per heavy atom. The van der Waals surface area contributed by atoms with Gasteiger partial charge in [-0.3, -0.25) is 0 Å². The average molecular weight is 353 g/mol. The van der Waals surface area contributed by atoms with E-state index >= 15 is 0 Å². The Morgan fingerprint density at radius 3 is 2.80 bits per heavy atom. The van der Waals surface area contributed by atoms with E-state index in [1.165, 1.54) is 16.4 Å². The number of hydrogen-bond donors (Lipinski definition) is 2. The molecule has 126 valence electrons. The molecule has 0 fully saturated rings. The Hall–Kier alpha value is -3.07. The quantitative estimate of drug-likeness (QED) is 0.423. The maximum absolute atomic E-state index is 6.11. The van der Waals surface area contributed by atoms with Gasteiger partial charge in [0.2, 0.25) is 5.16 Å². The third-order valence-corrected chi connectivity index (χ3v) is 4.71. The summed E-state index contributed by atoms with van der Waals surface area (Å²) < 4.78 is 6.73. The Morgan fingerprint density at radius 2 is 2.00 bits per heavy atom. The number of aryl methyl sites for hydroxylation is 1. The Bertz CT molecular complexity index is 1060. The Balaban J connectivity index is 1.58. The number of nitrogens with zero attached hydrogens (tertiary/aromatic N) is 5. The molecule has 3 aromatic heterocycles. The van der Waals surface area contributed by atoms with E-state index in [1.807, 2.05) is 37.3 Å². The number of rotatable bonds is 4. The van der Waals surface area contributed by atoms with Crippen molar-refractivity contribution in [2.75, 3.05) is 11.6 Å². The maximum Gasteiger partial charge on any atom is 0.210 e. The summed E-state index contributed by atoms with van der Waals surface area (Å²) in [5.74, 6) is 8.96. The SMILES string of the molecule is Cc1occc1-c1nnc(SCc2nc(N)c3ccccc3n2)n1N. The number of benzene rings is 1. The normalized spacial score (nSPS) is 11.2. The molecule has 9 heteroatoms. The maximum atomic E-state index is 6.11. The topological polar surface area (TPSA) is 122 Å². The van der Waals surface area contributed by atoms with Crippen molar-refractivity contribution >= 4 is 28.5 Å². The number of thioether (sulfide) groups is 1. The van der Waals surface area contributed by atoms with Crippen molar-refractivity contribution in [2.24, 2.45) is 0 Å². The van der Waals surface area contributed by atoms with E-state index in [9.17, 15) is 0 Å². The van der Waals surface area contributed by atoms with Gasteiger partial charge >= 0.3 is 0 Å². The third-order valence-electron chi connectivity index (χ3n) is 3.77. The second-order valence-electron chi connectivity index (χ2n) is 5.40. The summed E-state index contributed by atoms with van der Waals surface area (Å²) >= 11 is 1.39. The molecule has 25 heavy (non-hydrogen) atoms. The van der Waals surface area contributed by atoms with E-state index in [0.717, 1.165) is 22.2 Å². The van der Waals surface area contributed by atoms with Crippen LogP contribution >= 0.6 is 11.8 Å². The number of hydrogen-bond acceptors (Lipinski definition) is 8. The highest BCUT2D eigenvalue weighted by atomic mass is 32.2.